The summed E-state index contributed by atoms with van der Waals surface area (Å²) in [5, 5.41) is 14.6. The third-order valence-electron chi connectivity index (χ3n) is 3.51. The van der Waals surface area contributed by atoms with Crippen LogP contribution in [0.25, 0.3) is 0 Å². The summed E-state index contributed by atoms with van der Waals surface area (Å²) in [5.41, 5.74) is 0.786. The van der Waals surface area contributed by atoms with Gasteiger partial charge in [0.25, 0.3) is 0 Å². The fourth-order valence-corrected chi connectivity index (χ4v) is 2.29. The zero-order valence-electron chi connectivity index (χ0n) is 14.4. The molecular weight excluding hydrogens is 296 g/mol. The Balaban J connectivity index is 2.86. The van der Waals surface area contributed by atoms with Crippen LogP contribution in [0.5, 0.6) is 11.5 Å². The van der Waals surface area contributed by atoms with Gasteiger partial charge in [0.15, 0.2) is 5.75 Å². The van der Waals surface area contributed by atoms with Crippen molar-refractivity contribution in [3.63, 3.8) is 0 Å². The maximum Gasteiger partial charge on any atom is 0.315 e. The van der Waals surface area contributed by atoms with Gasteiger partial charge in [-0.1, -0.05) is 33.1 Å². The van der Waals surface area contributed by atoms with Crippen molar-refractivity contribution in [1.82, 2.24) is 5.32 Å². The number of nitro benzene ring substituents is 1. The van der Waals surface area contributed by atoms with Crippen LogP contribution in [0, 0.1) is 10.1 Å². The first-order valence-corrected chi connectivity index (χ1v) is 8.32. The Morgan fingerprint density at radius 2 is 1.96 bits per heavy atom. The molecule has 130 valence electrons. The molecule has 0 saturated heterocycles. The van der Waals surface area contributed by atoms with Crippen molar-refractivity contribution in [2.75, 3.05) is 20.3 Å². The van der Waals surface area contributed by atoms with Crippen LogP contribution in [-0.4, -0.2) is 25.2 Å². The maximum absolute atomic E-state index is 11.4. The molecule has 0 unspecified atom stereocenters. The van der Waals surface area contributed by atoms with Gasteiger partial charge in [0.05, 0.1) is 18.6 Å². The minimum Gasteiger partial charge on any atom is -0.493 e. The molecule has 1 N–H and O–H groups in total. The highest BCUT2D eigenvalue weighted by atomic mass is 16.6. The molecule has 23 heavy (non-hydrogen) atoms. The maximum atomic E-state index is 11.4. The fourth-order valence-electron chi connectivity index (χ4n) is 2.29. The fraction of sp³-hybridized carbons (Fsp3) is 0.647. The SMILES string of the molecule is CCCCCCOc1c(OC)cc(CNCCC)cc1[N+](=O)[O-]. The van der Waals surface area contributed by atoms with Gasteiger partial charge in [0, 0.05) is 12.6 Å². The van der Waals surface area contributed by atoms with Crippen LogP contribution in [0.15, 0.2) is 12.1 Å². The minimum absolute atomic E-state index is 0.0341. The van der Waals surface area contributed by atoms with Crippen molar-refractivity contribution in [2.24, 2.45) is 0 Å². The van der Waals surface area contributed by atoms with Gasteiger partial charge in [-0.05, 0) is 31.0 Å². The van der Waals surface area contributed by atoms with E-state index in [1.165, 1.54) is 7.11 Å². The smallest absolute Gasteiger partial charge is 0.315 e. The number of benzene rings is 1. The topological polar surface area (TPSA) is 73.6 Å². The summed E-state index contributed by atoms with van der Waals surface area (Å²) >= 11 is 0. The molecule has 0 aliphatic rings. The summed E-state index contributed by atoms with van der Waals surface area (Å²) in [6.45, 7) is 6.11. The highest BCUT2D eigenvalue weighted by Crippen LogP contribution is 2.38. The zero-order chi connectivity index (χ0) is 17.1. The lowest BCUT2D eigenvalue weighted by molar-refractivity contribution is -0.386. The molecule has 1 rings (SSSR count). The molecule has 0 aliphatic carbocycles. The van der Waals surface area contributed by atoms with Crippen LogP contribution >= 0.6 is 0 Å². The van der Waals surface area contributed by atoms with E-state index >= 15 is 0 Å². The Bertz CT molecular complexity index is 492. The van der Waals surface area contributed by atoms with Gasteiger partial charge >= 0.3 is 5.69 Å². The second kappa shape index (κ2) is 10.8. The molecule has 1 aromatic rings. The largest absolute Gasteiger partial charge is 0.493 e. The number of nitrogens with one attached hydrogen (secondary N) is 1. The Morgan fingerprint density at radius 1 is 1.17 bits per heavy atom. The molecule has 0 fully saturated rings. The number of unbranched alkanes of at least 4 members (excludes halogenated alkanes) is 3. The van der Waals surface area contributed by atoms with Crippen molar-refractivity contribution >= 4 is 5.69 Å². The summed E-state index contributed by atoms with van der Waals surface area (Å²) < 4.78 is 11.0. The van der Waals surface area contributed by atoms with E-state index in [1.54, 1.807) is 12.1 Å². The predicted molar refractivity (Wildman–Crippen MR) is 91.3 cm³/mol. The monoisotopic (exact) mass is 324 g/mol. The molecule has 0 aromatic heterocycles. The van der Waals surface area contributed by atoms with Crippen molar-refractivity contribution in [1.29, 1.82) is 0 Å². The quantitative estimate of drug-likeness (QED) is 0.356. The third kappa shape index (κ3) is 6.44. The average Bonchev–Trinajstić information content (AvgIpc) is 2.55. The molecule has 0 spiro atoms. The normalized spacial score (nSPS) is 10.6. The van der Waals surface area contributed by atoms with Crippen LogP contribution < -0.4 is 14.8 Å². The lowest BCUT2D eigenvalue weighted by atomic mass is 10.1. The number of methoxy groups -OCH3 is 1. The molecule has 6 heteroatoms. The van der Waals surface area contributed by atoms with E-state index in [1.807, 2.05) is 0 Å². The van der Waals surface area contributed by atoms with Crippen LogP contribution in [0.3, 0.4) is 0 Å². The molecule has 0 bridgehead atoms. The van der Waals surface area contributed by atoms with E-state index in [-0.39, 0.29) is 11.4 Å². The van der Waals surface area contributed by atoms with E-state index in [4.69, 9.17) is 9.47 Å². The number of ether oxygens (including phenoxy) is 2. The predicted octanol–water partition coefficient (Wildman–Crippen LogP) is 4.06. The number of nitrogens with zero attached hydrogens (tertiary/aromatic N) is 1. The Kier molecular flexibility index (Phi) is 9.05. The number of nitro groups is 1. The Morgan fingerprint density at radius 3 is 2.57 bits per heavy atom. The molecule has 0 amide bonds. The van der Waals surface area contributed by atoms with Gasteiger partial charge in [-0.25, -0.2) is 0 Å². The highest BCUT2D eigenvalue weighted by Gasteiger charge is 2.22. The average molecular weight is 324 g/mol. The number of hydrogen-bond donors (Lipinski definition) is 1. The molecular formula is C17H28N2O4. The van der Waals surface area contributed by atoms with E-state index in [0.29, 0.717) is 18.9 Å². The Labute approximate surface area is 138 Å². The molecule has 0 saturated carbocycles. The Hall–Kier alpha value is -1.82. The van der Waals surface area contributed by atoms with E-state index in [2.05, 4.69) is 19.2 Å². The zero-order valence-corrected chi connectivity index (χ0v) is 14.4. The van der Waals surface area contributed by atoms with Gasteiger partial charge in [-0.3, -0.25) is 10.1 Å². The van der Waals surface area contributed by atoms with Crippen LogP contribution in [0.1, 0.15) is 51.5 Å². The molecule has 0 aliphatic heterocycles. The molecule has 0 atom stereocenters. The van der Waals surface area contributed by atoms with Crippen molar-refractivity contribution < 1.29 is 14.4 Å². The molecule has 0 radical (unpaired) electrons. The minimum atomic E-state index is -0.410. The second-order valence-corrected chi connectivity index (χ2v) is 5.49. The first-order chi connectivity index (χ1) is 11.1. The summed E-state index contributed by atoms with van der Waals surface area (Å²) in [6, 6.07) is 3.36. The first kappa shape index (κ1) is 19.2. The summed E-state index contributed by atoms with van der Waals surface area (Å²) in [6.07, 6.45) is 5.24. The second-order valence-electron chi connectivity index (χ2n) is 5.49. The van der Waals surface area contributed by atoms with Gasteiger partial charge in [-0.15, -0.1) is 0 Å². The molecule has 6 nitrogen and oxygen atoms in total. The van der Waals surface area contributed by atoms with Gasteiger partial charge in [-0.2, -0.15) is 0 Å². The van der Waals surface area contributed by atoms with E-state index in [0.717, 1.165) is 44.2 Å². The van der Waals surface area contributed by atoms with Crippen LogP contribution in [0.2, 0.25) is 0 Å². The van der Waals surface area contributed by atoms with Crippen LogP contribution in [-0.2, 0) is 6.54 Å². The summed E-state index contributed by atoms with van der Waals surface area (Å²) in [5.74, 6) is 0.649. The van der Waals surface area contributed by atoms with Gasteiger partial charge in [0.2, 0.25) is 5.75 Å². The van der Waals surface area contributed by atoms with Crippen molar-refractivity contribution in [3.8, 4) is 11.5 Å². The van der Waals surface area contributed by atoms with Crippen LogP contribution in [0.4, 0.5) is 5.69 Å². The van der Waals surface area contributed by atoms with Gasteiger partial charge in [0.1, 0.15) is 0 Å². The standard InChI is InChI=1S/C17H28N2O4/c1-4-6-7-8-10-23-17-15(19(20)21)11-14(12-16(17)22-3)13-18-9-5-2/h11-12,18H,4-10,13H2,1-3H3. The van der Waals surface area contributed by atoms with Crippen molar-refractivity contribution in [3.05, 3.63) is 27.8 Å². The van der Waals surface area contributed by atoms with Gasteiger partial charge < -0.3 is 14.8 Å². The lowest BCUT2D eigenvalue weighted by Gasteiger charge is -2.13. The number of hydrogen-bond acceptors (Lipinski definition) is 5. The lowest BCUT2D eigenvalue weighted by Crippen LogP contribution is -2.14. The van der Waals surface area contributed by atoms with E-state index < -0.39 is 4.92 Å². The summed E-state index contributed by atoms with van der Waals surface area (Å²) in [4.78, 5) is 10.9. The highest BCUT2D eigenvalue weighted by molar-refractivity contribution is 5.58. The summed E-state index contributed by atoms with van der Waals surface area (Å²) in [7, 11) is 1.51. The van der Waals surface area contributed by atoms with Crippen molar-refractivity contribution in [2.45, 2.75) is 52.5 Å². The first-order valence-electron chi connectivity index (χ1n) is 8.32. The molecule has 1 aromatic carbocycles. The third-order valence-corrected chi connectivity index (χ3v) is 3.51. The number of rotatable bonds is 12. The van der Waals surface area contributed by atoms with E-state index in [9.17, 15) is 10.1 Å². The molecule has 0 heterocycles.